The number of rotatable bonds is 3. The van der Waals surface area contributed by atoms with Gasteiger partial charge in [0.15, 0.2) is 12.2 Å². The summed E-state index contributed by atoms with van der Waals surface area (Å²) < 4.78 is 14.2. The van der Waals surface area contributed by atoms with Crippen molar-refractivity contribution in [2.24, 2.45) is 4.99 Å². The van der Waals surface area contributed by atoms with Crippen molar-refractivity contribution in [1.29, 1.82) is 0 Å². The molecule has 0 bridgehead atoms. The highest BCUT2D eigenvalue weighted by Crippen LogP contribution is 2.42. The Morgan fingerprint density at radius 1 is 1.03 bits per heavy atom. The van der Waals surface area contributed by atoms with Crippen molar-refractivity contribution < 1.29 is 19.1 Å². The maximum absolute atomic E-state index is 14.2. The normalized spacial score (nSPS) is 22.6. The molecule has 1 saturated heterocycles. The largest absolute Gasteiger partial charge is 0.506 e. The predicted octanol–water partition coefficient (Wildman–Crippen LogP) is 3.06. The molecule has 32 heavy (non-hydrogen) atoms. The number of amides is 3. The number of phenolic OH excluding ortho intramolecular Hbond substituents is 1. The van der Waals surface area contributed by atoms with E-state index in [9.17, 15) is 19.1 Å². The fraction of sp³-hybridized carbons (Fsp3) is 0.261. The molecular weight excluding hydrogens is 413 g/mol. The lowest BCUT2D eigenvalue weighted by atomic mass is 10.1. The van der Waals surface area contributed by atoms with E-state index in [1.807, 2.05) is 13.8 Å². The molecule has 0 radical (unpaired) electrons. The minimum atomic E-state index is -0.773. The molecule has 2 aromatic rings. The van der Waals surface area contributed by atoms with Crippen LogP contribution in [0.2, 0.25) is 0 Å². The number of aliphatic imine (C=N–C) groups is 1. The first-order valence-corrected chi connectivity index (χ1v) is 10.3. The molecule has 3 amide bonds. The first kappa shape index (κ1) is 20.0. The van der Waals surface area contributed by atoms with E-state index >= 15 is 0 Å². The zero-order chi connectivity index (χ0) is 22.7. The van der Waals surface area contributed by atoms with Gasteiger partial charge in [-0.1, -0.05) is 30.3 Å². The smallest absolute Gasteiger partial charge is 0.328 e. The average Bonchev–Trinajstić information content (AvgIpc) is 3.27. The highest BCUT2D eigenvalue weighted by Gasteiger charge is 2.56. The lowest BCUT2D eigenvalue weighted by molar-refractivity contribution is -0.137. The molecule has 0 spiro atoms. The standard InChI is InChI=1S/C23H22FN5O3/c1-13-14(2)29-19-20(25-22(29)28(13)17-10-6-7-11-18(17)30)26(3)23(32)27(21(19)31)12-15-8-4-5-9-16(15)24/h4-11,19-20,30H,12H2,1-3H3. The summed E-state index contributed by atoms with van der Waals surface area (Å²) in [5.41, 5.74) is 2.41. The lowest BCUT2D eigenvalue weighted by Crippen LogP contribution is -2.64. The van der Waals surface area contributed by atoms with Crippen LogP contribution in [0.1, 0.15) is 19.4 Å². The van der Waals surface area contributed by atoms with Gasteiger partial charge in [0.1, 0.15) is 11.6 Å². The number of carbonyl (C=O) groups excluding carboxylic acids is 2. The summed E-state index contributed by atoms with van der Waals surface area (Å²) in [7, 11) is 1.59. The highest BCUT2D eigenvalue weighted by molar-refractivity contribution is 6.10. The number of halogens is 1. The van der Waals surface area contributed by atoms with Crippen LogP contribution in [-0.2, 0) is 11.3 Å². The Bertz CT molecular complexity index is 1210. The molecule has 2 aromatic carbocycles. The molecule has 0 aliphatic carbocycles. The SMILES string of the molecule is CC1=C(C)N2C(=NC3C2C(=O)N(Cc2ccccc2F)C(=O)N3C)N1c1ccccc1O. The van der Waals surface area contributed by atoms with E-state index in [0.29, 0.717) is 11.6 Å². The third-order valence-corrected chi connectivity index (χ3v) is 6.30. The number of guanidine groups is 1. The summed E-state index contributed by atoms with van der Waals surface area (Å²) in [4.78, 5) is 37.3. The van der Waals surface area contributed by atoms with Gasteiger partial charge in [0.05, 0.1) is 12.2 Å². The van der Waals surface area contributed by atoms with E-state index in [1.54, 1.807) is 59.3 Å². The molecule has 2 atom stereocenters. The van der Waals surface area contributed by atoms with Gasteiger partial charge in [-0.05, 0) is 32.0 Å². The number of fused-ring (bicyclic) bond motifs is 3. The lowest BCUT2D eigenvalue weighted by Gasteiger charge is -2.40. The van der Waals surface area contributed by atoms with E-state index in [2.05, 4.69) is 0 Å². The van der Waals surface area contributed by atoms with Crippen molar-refractivity contribution in [3.63, 3.8) is 0 Å². The van der Waals surface area contributed by atoms with Crippen LogP contribution in [0.15, 0.2) is 64.9 Å². The number of phenols is 1. The Hall–Kier alpha value is -3.88. The van der Waals surface area contributed by atoms with Crippen LogP contribution < -0.4 is 4.90 Å². The molecule has 9 heteroatoms. The van der Waals surface area contributed by atoms with Gasteiger partial charge in [0, 0.05) is 24.0 Å². The number of hydrogen-bond acceptors (Lipinski definition) is 6. The first-order chi connectivity index (χ1) is 15.3. The number of aromatic hydroxyl groups is 1. The fourth-order valence-electron chi connectivity index (χ4n) is 4.50. The number of likely N-dealkylation sites (N-methyl/N-ethyl adjacent to an activating group) is 1. The van der Waals surface area contributed by atoms with E-state index in [0.717, 1.165) is 16.3 Å². The number of anilines is 1. The van der Waals surface area contributed by atoms with Crippen LogP contribution in [0.4, 0.5) is 14.9 Å². The summed E-state index contributed by atoms with van der Waals surface area (Å²) in [6.07, 6.45) is -0.724. The third-order valence-electron chi connectivity index (χ3n) is 6.30. The van der Waals surface area contributed by atoms with Gasteiger partial charge in [-0.2, -0.15) is 0 Å². The van der Waals surface area contributed by atoms with Gasteiger partial charge >= 0.3 is 6.03 Å². The Morgan fingerprint density at radius 2 is 1.72 bits per heavy atom. The summed E-state index contributed by atoms with van der Waals surface area (Å²) >= 11 is 0. The van der Waals surface area contributed by atoms with Gasteiger partial charge in [-0.25, -0.2) is 14.2 Å². The van der Waals surface area contributed by atoms with Gasteiger partial charge in [0.25, 0.3) is 5.91 Å². The summed E-state index contributed by atoms with van der Waals surface area (Å²) in [5.74, 6) is -0.361. The van der Waals surface area contributed by atoms with Crippen LogP contribution >= 0.6 is 0 Å². The van der Waals surface area contributed by atoms with Crippen molar-refractivity contribution in [1.82, 2.24) is 14.7 Å². The topological polar surface area (TPSA) is 79.7 Å². The Labute approximate surface area is 184 Å². The summed E-state index contributed by atoms with van der Waals surface area (Å²) in [5, 5.41) is 10.4. The number of urea groups is 1. The van der Waals surface area contributed by atoms with Gasteiger partial charge in [-0.15, -0.1) is 0 Å². The average molecular weight is 435 g/mol. The second-order valence-corrected chi connectivity index (χ2v) is 8.06. The number of hydrogen-bond donors (Lipinski definition) is 1. The first-order valence-electron chi connectivity index (χ1n) is 10.3. The second kappa shape index (κ2) is 7.08. The Balaban J connectivity index is 1.54. The molecule has 0 aromatic heterocycles. The Kier molecular flexibility index (Phi) is 4.44. The van der Waals surface area contributed by atoms with Gasteiger partial charge in [-0.3, -0.25) is 19.5 Å². The molecule has 1 fully saturated rings. The number of para-hydroxylation sites is 2. The van der Waals surface area contributed by atoms with Crippen LogP contribution in [0.3, 0.4) is 0 Å². The molecule has 3 heterocycles. The van der Waals surface area contributed by atoms with Crippen LogP contribution in [0.25, 0.3) is 0 Å². The fourth-order valence-corrected chi connectivity index (χ4v) is 4.50. The van der Waals surface area contributed by atoms with E-state index in [1.165, 1.54) is 11.0 Å². The zero-order valence-electron chi connectivity index (χ0n) is 17.9. The van der Waals surface area contributed by atoms with Crippen molar-refractivity contribution in [3.05, 3.63) is 71.3 Å². The Morgan fingerprint density at radius 3 is 2.44 bits per heavy atom. The van der Waals surface area contributed by atoms with Crippen LogP contribution in [-0.4, -0.2) is 57.0 Å². The van der Waals surface area contributed by atoms with Gasteiger partial charge < -0.3 is 10.0 Å². The van der Waals surface area contributed by atoms with Crippen molar-refractivity contribution >= 4 is 23.6 Å². The molecule has 5 rings (SSSR count). The third kappa shape index (κ3) is 2.70. The number of nitrogens with zero attached hydrogens (tertiary/aromatic N) is 5. The van der Waals surface area contributed by atoms with E-state index < -0.39 is 30.0 Å². The number of imide groups is 1. The minimum Gasteiger partial charge on any atom is -0.506 e. The highest BCUT2D eigenvalue weighted by atomic mass is 19.1. The molecule has 164 valence electrons. The van der Waals surface area contributed by atoms with Crippen molar-refractivity contribution in [2.75, 3.05) is 11.9 Å². The van der Waals surface area contributed by atoms with Crippen molar-refractivity contribution in [2.45, 2.75) is 32.6 Å². The summed E-state index contributed by atoms with van der Waals surface area (Å²) in [6, 6.07) is 11.7. The summed E-state index contributed by atoms with van der Waals surface area (Å²) in [6.45, 7) is 3.60. The van der Waals surface area contributed by atoms with E-state index in [4.69, 9.17) is 4.99 Å². The maximum atomic E-state index is 14.2. The number of allylic oxidation sites excluding steroid dienone is 2. The number of carbonyl (C=O) groups is 2. The molecule has 2 unspecified atom stereocenters. The molecule has 1 N–H and O–H groups in total. The minimum absolute atomic E-state index is 0.0796. The molecule has 3 aliphatic heterocycles. The molecule has 8 nitrogen and oxygen atoms in total. The molecular formula is C23H22FN5O3. The van der Waals surface area contributed by atoms with Crippen LogP contribution in [0.5, 0.6) is 5.75 Å². The predicted molar refractivity (Wildman–Crippen MR) is 116 cm³/mol. The van der Waals surface area contributed by atoms with Gasteiger partial charge in [0.2, 0.25) is 5.96 Å². The maximum Gasteiger partial charge on any atom is 0.328 e. The quantitative estimate of drug-likeness (QED) is 0.802. The molecule has 0 saturated carbocycles. The van der Waals surface area contributed by atoms with Crippen molar-refractivity contribution in [3.8, 4) is 5.75 Å². The number of benzene rings is 2. The zero-order valence-corrected chi connectivity index (χ0v) is 17.9. The monoisotopic (exact) mass is 435 g/mol. The van der Waals surface area contributed by atoms with Crippen LogP contribution in [0, 0.1) is 5.82 Å². The molecule has 3 aliphatic rings. The van der Waals surface area contributed by atoms with E-state index in [-0.39, 0.29) is 17.9 Å². The second-order valence-electron chi connectivity index (χ2n) is 8.06.